The third-order valence-corrected chi connectivity index (χ3v) is 5.76. The Kier molecular flexibility index (Phi) is 5.01. The Labute approximate surface area is 153 Å². The van der Waals surface area contributed by atoms with Crippen molar-refractivity contribution in [1.29, 1.82) is 0 Å². The molecule has 0 heterocycles. The largest absolute Gasteiger partial charge is 0.417 e. The van der Waals surface area contributed by atoms with Crippen molar-refractivity contribution < 1.29 is 13.2 Å². The van der Waals surface area contributed by atoms with Crippen molar-refractivity contribution in [3.63, 3.8) is 0 Å². The number of hydrogen-bond acceptors (Lipinski definition) is 0. The molecule has 0 bridgehead atoms. The Bertz CT molecular complexity index is 792. The summed E-state index contributed by atoms with van der Waals surface area (Å²) in [5.41, 5.74) is 2.93. The molecule has 1 saturated carbocycles. The summed E-state index contributed by atoms with van der Waals surface area (Å²) in [5, 5.41) is 0. The van der Waals surface area contributed by atoms with Crippen LogP contribution in [0.25, 0.3) is 5.57 Å². The van der Waals surface area contributed by atoms with Crippen molar-refractivity contribution in [2.24, 2.45) is 11.3 Å². The highest BCUT2D eigenvalue weighted by Gasteiger charge is 2.49. The van der Waals surface area contributed by atoms with Gasteiger partial charge in [-0.2, -0.15) is 13.2 Å². The molecule has 1 fully saturated rings. The van der Waals surface area contributed by atoms with Crippen LogP contribution in [0, 0.1) is 11.3 Å². The second-order valence-corrected chi connectivity index (χ2v) is 7.62. The van der Waals surface area contributed by atoms with E-state index in [1.807, 2.05) is 6.08 Å². The standard InChI is InChI=1S/C23H25F3/c1-16(19-12-5-7-14-21(19)23(24,25)26)9-8-11-18-10-4-6-13-20(18)22(3)15-17(22)2/h5,7-10,12-14,17H,1,4,6,11,15H2,2-3H3/b9-8-. The van der Waals surface area contributed by atoms with Crippen molar-refractivity contribution in [2.45, 2.75) is 45.7 Å². The van der Waals surface area contributed by atoms with E-state index >= 15 is 0 Å². The summed E-state index contributed by atoms with van der Waals surface area (Å²) in [5.74, 6) is 0.702. The van der Waals surface area contributed by atoms with Crippen LogP contribution in [0.15, 0.2) is 66.3 Å². The van der Waals surface area contributed by atoms with Crippen LogP contribution < -0.4 is 0 Å². The summed E-state index contributed by atoms with van der Waals surface area (Å²) >= 11 is 0. The summed E-state index contributed by atoms with van der Waals surface area (Å²) in [6.45, 7) is 8.44. The first-order valence-electron chi connectivity index (χ1n) is 9.15. The minimum Gasteiger partial charge on any atom is -0.166 e. The summed E-state index contributed by atoms with van der Waals surface area (Å²) < 4.78 is 39.5. The Morgan fingerprint density at radius 3 is 2.54 bits per heavy atom. The molecule has 138 valence electrons. The molecule has 1 aromatic rings. The molecule has 1 aromatic carbocycles. The van der Waals surface area contributed by atoms with E-state index < -0.39 is 11.7 Å². The van der Waals surface area contributed by atoms with Crippen LogP contribution in [0.1, 0.15) is 50.7 Å². The molecule has 0 spiro atoms. The molecule has 0 aliphatic heterocycles. The highest BCUT2D eigenvalue weighted by Crippen LogP contribution is 2.59. The van der Waals surface area contributed by atoms with E-state index in [1.165, 1.54) is 29.7 Å². The molecule has 0 aromatic heterocycles. The molecular formula is C23H25F3. The van der Waals surface area contributed by atoms with E-state index in [-0.39, 0.29) is 11.0 Å². The van der Waals surface area contributed by atoms with Gasteiger partial charge in [0.1, 0.15) is 0 Å². The molecule has 26 heavy (non-hydrogen) atoms. The van der Waals surface area contributed by atoms with Gasteiger partial charge in [0.15, 0.2) is 0 Å². The number of rotatable bonds is 5. The summed E-state index contributed by atoms with van der Waals surface area (Å²) in [6, 6.07) is 5.61. The smallest absolute Gasteiger partial charge is 0.166 e. The van der Waals surface area contributed by atoms with E-state index in [4.69, 9.17) is 0 Å². The third-order valence-electron chi connectivity index (χ3n) is 5.76. The summed E-state index contributed by atoms with van der Waals surface area (Å²) in [4.78, 5) is 0. The molecular weight excluding hydrogens is 333 g/mol. The zero-order valence-electron chi connectivity index (χ0n) is 15.4. The highest BCUT2D eigenvalue weighted by atomic mass is 19.4. The molecule has 2 unspecified atom stereocenters. The van der Waals surface area contributed by atoms with Gasteiger partial charge in [-0.25, -0.2) is 0 Å². The van der Waals surface area contributed by atoms with E-state index in [0.717, 1.165) is 25.3 Å². The van der Waals surface area contributed by atoms with Crippen LogP contribution in [-0.4, -0.2) is 0 Å². The maximum absolute atomic E-state index is 13.2. The van der Waals surface area contributed by atoms with Gasteiger partial charge in [-0.15, -0.1) is 0 Å². The van der Waals surface area contributed by atoms with Crippen LogP contribution in [0.2, 0.25) is 0 Å². The van der Waals surface area contributed by atoms with Gasteiger partial charge in [0.2, 0.25) is 0 Å². The minimum atomic E-state index is -4.37. The first-order chi connectivity index (χ1) is 12.2. The van der Waals surface area contributed by atoms with E-state index in [0.29, 0.717) is 11.5 Å². The van der Waals surface area contributed by atoms with Gasteiger partial charge < -0.3 is 0 Å². The molecule has 3 heteroatoms. The lowest BCUT2D eigenvalue weighted by Gasteiger charge is -2.22. The molecule has 2 aliphatic rings. The topological polar surface area (TPSA) is 0 Å². The second-order valence-electron chi connectivity index (χ2n) is 7.62. The minimum absolute atomic E-state index is 0.146. The van der Waals surface area contributed by atoms with Crippen molar-refractivity contribution in [3.8, 4) is 0 Å². The van der Waals surface area contributed by atoms with Crippen LogP contribution in [0.5, 0.6) is 0 Å². The Morgan fingerprint density at radius 2 is 1.88 bits per heavy atom. The van der Waals surface area contributed by atoms with E-state index in [9.17, 15) is 13.2 Å². The molecule has 0 saturated heterocycles. The molecule has 0 radical (unpaired) electrons. The first-order valence-corrected chi connectivity index (χ1v) is 9.15. The third kappa shape index (κ3) is 3.72. The predicted molar refractivity (Wildman–Crippen MR) is 102 cm³/mol. The molecule has 0 N–H and O–H groups in total. The van der Waals surface area contributed by atoms with Crippen molar-refractivity contribution in [3.05, 3.63) is 77.4 Å². The maximum Gasteiger partial charge on any atom is 0.417 e. The zero-order valence-corrected chi connectivity index (χ0v) is 15.4. The van der Waals surface area contributed by atoms with Gasteiger partial charge in [-0.05, 0) is 65.4 Å². The van der Waals surface area contributed by atoms with E-state index in [2.05, 4.69) is 32.6 Å². The fourth-order valence-electron chi connectivity index (χ4n) is 3.90. The molecule has 0 amide bonds. The number of benzene rings is 1. The Morgan fingerprint density at radius 1 is 1.23 bits per heavy atom. The average Bonchev–Trinajstić information content (AvgIpc) is 3.22. The van der Waals surface area contributed by atoms with Gasteiger partial charge in [0.25, 0.3) is 0 Å². The Balaban J connectivity index is 1.72. The second kappa shape index (κ2) is 6.94. The number of hydrogen-bond donors (Lipinski definition) is 0. The molecule has 0 nitrogen and oxygen atoms in total. The molecule has 2 atom stereocenters. The number of alkyl halides is 3. The SMILES string of the molecule is C=C(/C=C\CC1=CCCC=C1C1(C)CC1C)c1ccccc1C(F)(F)F. The van der Waals surface area contributed by atoms with Crippen molar-refractivity contribution in [2.75, 3.05) is 0 Å². The molecule has 3 rings (SSSR count). The Hall–Kier alpha value is -2.03. The summed E-state index contributed by atoms with van der Waals surface area (Å²) in [7, 11) is 0. The van der Waals surface area contributed by atoms with Crippen molar-refractivity contribution in [1.82, 2.24) is 0 Å². The fourth-order valence-corrected chi connectivity index (χ4v) is 3.90. The lowest BCUT2D eigenvalue weighted by Crippen LogP contribution is -2.08. The highest BCUT2D eigenvalue weighted by molar-refractivity contribution is 5.74. The van der Waals surface area contributed by atoms with Gasteiger partial charge in [0.05, 0.1) is 5.56 Å². The van der Waals surface area contributed by atoms with Gasteiger partial charge in [-0.3, -0.25) is 0 Å². The number of allylic oxidation sites excluding steroid dienone is 7. The summed E-state index contributed by atoms with van der Waals surface area (Å²) in [6.07, 6.45) is 7.99. The normalized spacial score (nSPS) is 25.8. The van der Waals surface area contributed by atoms with Crippen LogP contribution in [-0.2, 0) is 6.18 Å². The van der Waals surface area contributed by atoms with Gasteiger partial charge in [0, 0.05) is 0 Å². The maximum atomic E-state index is 13.2. The zero-order chi connectivity index (χ0) is 18.9. The predicted octanol–water partition coefficient (Wildman–Crippen LogP) is 7.36. The molecule has 2 aliphatic carbocycles. The fraction of sp³-hybridized carbons (Fsp3) is 0.391. The number of halogens is 3. The lowest BCUT2D eigenvalue weighted by atomic mass is 9.83. The van der Waals surface area contributed by atoms with Gasteiger partial charge in [-0.1, -0.05) is 62.9 Å². The quantitative estimate of drug-likeness (QED) is 0.482. The van der Waals surface area contributed by atoms with Crippen molar-refractivity contribution >= 4 is 5.57 Å². The van der Waals surface area contributed by atoms with Crippen LogP contribution in [0.4, 0.5) is 13.2 Å². The average molecular weight is 358 g/mol. The first kappa shape index (κ1) is 18.8. The lowest BCUT2D eigenvalue weighted by molar-refractivity contribution is -0.137. The van der Waals surface area contributed by atoms with E-state index in [1.54, 1.807) is 12.1 Å². The van der Waals surface area contributed by atoms with Crippen LogP contribution >= 0.6 is 0 Å². The van der Waals surface area contributed by atoms with Gasteiger partial charge >= 0.3 is 6.18 Å². The van der Waals surface area contributed by atoms with Crippen LogP contribution in [0.3, 0.4) is 0 Å². The monoisotopic (exact) mass is 358 g/mol.